The van der Waals surface area contributed by atoms with E-state index in [2.05, 4.69) is 26.5 Å². The van der Waals surface area contributed by atoms with Crippen LogP contribution in [0.3, 0.4) is 0 Å². The summed E-state index contributed by atoms with van der Waals surface area (Å²) in [5.74, 6) is 0.840. The van der Waals surface area contributed by atoms with Gasteiger partial charge < -0.3 is 10.2 Å². The average Bonchev–Trinajstić information content (AvgIpc) is 3.25. The van der Waals surface area contributed by atoms with Crippen LogP contribution >= 0.6 is 0 Å². The lowest BCUT2D eigenvalue weighted by atomic mass is 10.00. The molecule has 1 saturated carbocycles. The first-order chi connectivity index (χ1) is 12.1. The van der Waals surface area contributed by atoms with Crippen LogP contribution in [0.1, 0.15) is 38.5 Å². The summed E-state index contributed by atoms with van der Waals surface area (Å²) in [6.45, 7) is 2.08. The fraction of sp³-hybridized carbons (Fsp3) is 0.667. The van der Waals surface area contributed by atoms with Crippen LogP contribution in [-0.4, -0.2) is 59.3 Å². The maximum atomic E-state index is 12.4. The van der Waals surface area contributed by atoms with E-state index in [1.54, 1.807) is 6.20 Å². The molecule has 2 fully saturated rings. The van der Waals surface area contributed by atoms with Crippen molar-refractivity contribution in [3.05, 3.63) is 18.3 Å². The van der Waals surface area contributed by atoms with Crippen molar-refractivity contribution in [2.45, 2.75) is 50.1 Å². The lowest BCUT2D eigenvalue weighted by Gasteiger charge is -2.29. The molecule has 0 bridgehead atoms. The van der Waals surface area contributed by atoms with Crippen LogP contribution in [0, 0.1) is 11.3 Å². The predicted molar refractivity (Wildman–Crippen MR) is 94.9 cm³/mol. The molecule has 25 heavy (non-hydrogen) atoms. The third-order valence-electron chi connectivity index (χ3n) is 5.22. The van der Waals surface area contributed by atoms with Crippen molar-refractivity contribution in [2.24, 2.45) is 0 Å². The van der Waals surface area contributed by atoms with Crippen LogP contribution in [0.25, 0.3) is 0 Å². The summed E-state index contributed by atoms with van der Waals surface area (Å²) < 4.78 is 0. The van der Waals surface area contributed by atoms with Gasteiger partial charge in [0.05, 0.1) is 12.6 Å². The van der Waals surface area contributed by atoms with Gasteiger partial charge in [-0.05, 0) is 57.7 Å². The van der Waals surface area contributed by atoms with Crippen LogP contribution < -0.4 is 10.2 Å². The minimum Gasteiger partial charge on any atom is -0.351 e. The van der Waals surface area contributed by atoms with Crippen molar-refractivity contribution in [1.82, 2.24) is 20.4 Å². The second kappa shape index (κ2) is 7.79. The first kappa shape index (κ1) is 17.6. The second-order valence-electron chi connectivity index (χ2n) is 7.22. The zero-order chi connectivity index (χ0) is 17.7. The Morgan fingerprint density at radius 2 is 2.28 bits per heavy atom. The molecule has 2 aliphatic rings. The number of carbonyl (C=O) groups is 1. The Kier molecular flexibility index (Phi) is 5.49. The molecule has 0 unspecified atom stereocenters. The highest BCUT2D eigenvalue weighted by Crippen LogP contribution is 2.29. The molecule has 7 heteroatoms. The SMILES string of the molecule is CN(CC(=O)NC1(C#N)CCCC1)C[C@H]1CCCN1c1cccnn1. The van der Waals surface area contributed by atoms with Crippen LogP contribution in [0.15, 0.2) is 18.3 Å². The van der Waals surface area contributed by atoms with Crippen LogP contribution in [0.5, 0.6) is 0 Å². The standard InChI is InChI=1S/C18H26N6O/c1-23(13-17(25)21-18(14-19)8-2-3-9-18)12-15-6-5-11-24(15)16-7-4-10-20-22-16/h4,7,10,15H,2-3,5-6,8-9,11-13H2,1H3,(H,21,25)/t15-/m1/s1. The molecule has 1 saturated heterocycles. The van der Waals surface area contributed by atoms with Gasteiger partial charge in [-0.15, -0.1) is 5.10 Å². The molecule has 2 heterocycles. The molecule has 1 amide bonds. The van der Waals surface area contributed by atoms with E-state index in [0.717, 1.165) is 57.4 Å². The molecule has 134 valence electrons. The summed E-state index contributed by atoms with van der Waals surface area (Å²) in [5.41, 5.74) is -0.642. The Balaban J connectivity index is 1.52. The molecule has 1 aliphatic heterocycles. The van der Waals surface area contributed by atoms with Crippen LogP contribution in [0.2, 0.25) is 0 Å². The molecule has 1 aromatic heterocycles. The number of hydrogen-bond acceptors (Lipinski definition) is 6. The third-order valence-corrected chi connectivity index (χ3v) is 5.22. The van der Waals surface area contributed by atoms with Gasteiger partial charge in [-0.2, -0.15) is 10.4 Å². The van der Waals surface area contributed by atoms with Gasteiger partial charge in [0.25, 0.3) is 0 Å². The maximum absolute atomic E-state index is 12.4. The zero-order valence-corrected chi connectivity index (χ0v) is 14.8. The monoisotopic (exact) mass is 342 g/mol. The zero-order valence-electron chi connectivity index (χ0n) is 14.8. The Morgan fingerprint density at radius 1 is 1.48 bits per heavy atom. The van der Waals surface area contributed by atoms with E-state index in [9.17, 15) is 10.1 Å². The fourth-order valence-electron chi connectivity index (χ4n) is 3.99. The first-order valence-electron chi connectivity index (χ1n) is 9.07. The van der Waals surface area contributed by atoms with Crippen molar-refractivity contribution < 1.29 is 4.79 Å². The van der Waals surface area contributed by atoms with Gasteiger partial charge in [-0.25, -0.2) is 0 Å². The highest BCUT2D eigenvalue weighted by Gasteiger charge is 2.35. The Bertz CT molecular complexity index is 622. The van der Waals surface area contributed by atoms with Crippen molar-refractivity contribution in [3.8, 4) is 6.07 Å². The number of hydrogen-bond donors (Lipinski definition) is 1. The maximum Gasteiger partial charge on any atom is 0.235 e. The molecule has 0 aromatic carbocycles. The molecule has 0 spiro atoms. The van der Waals surface area contributed by atoms with E-state index in [4.69, 9.17) is 0 Å². The summed E-state index contributed by atoms with van der Waals surface area (Å²) in [5, 5.41) is 20.5. The van der Waals surface area contributed by atoms with E-state index < -0.39 is 5.54 Å². The number of carbonyl (C=O) groups excluding carboxylic acids is 1. The number of amides is 1. The molecule has 3 rings (SSSR count). The first-order valence-corrected chi connectivity index (χ1v) is 9.07. The molecule has 1 atom stereocenters. The summed E-state index contributed by atoms with van der Waals surface area (Å²) in [6.07, 6.45) is 7.45. The van der Waals surface area contributed by atoms with E-state index >= 15 is 0 Å². The summed E-state index contributed by atoms with van der Waals surface area (Å²) in [4.78, 5) is 16.7. The van der Waals surface area contributed by atoms with E-state index in [-0.39, 0.29) is 5.91 Å². The Morgan fingerprint density at radius 3 is 2.96 bits per heavy atom. The summed E-state index contributed by atoms with van der Waals surface area (Å²) >= 11 is 0. The molecule has 1 N–H and O–H groups in total. The van der Waals surface area contributed by atoms with Gasteiger partial charge in [0.15, 0.2) is 5.82 Å². The predicted octanol–water partition coefficient (Wildman–Crippen LogP) is 1.33. The van der Waals surface area contributed by atoms with Crippen molar-refractivity contribution in [3.63, 3.8) is 0 Å². The molecule has 1 aliphatic carbocycles. The molecule has 1 aromatic rings. The van der Waals surface area contributed by atoms with Gasteiger partial charge in [0.2, 0.25) is 5.91 Å². The second-order valence-corrected chi connectivity index (χ2v) is 7.22. The number of nitriles is 1. The number of likely N-dealkylation sites (N-methyl/N-ethyl adjacent to an activating group) is 1. The molecule has 0 radical (unpaired) electrons. The largest absolute Gasteiger partial charge is 0.351 e. The number of nitrogens with one attached hydrogen (secondary N) is 1. The quantitative estimate of drug-likeness (QED) is 0.839. The lowest BCUT2D eigenvalue weighted by molar-refractivity contribution is -0.123. The number of rotatable bonds is 6. The third kappa shape index (κ3) is 4.26. The Labute approximate surface area is 149 Å². The summed E-state index contributed by atoms with van der Waals surface area (Å²) in [6, 6.07) is 6.53. The van der Waals surface area contributed by atoms with Gasteiger partial charge in [0, 0.05) is 25.3 Å². The van der Waals surface area contributed by atoms with E-state index in [1.807, 2.05) is 24.1 Å². The van der Waals surface area contributed by atoms with Gasteiger partial charge in [0.1, 0.15) is 5.54 Å². The lowest BCUT2D eigenvalue weighted by Crippen LogP contribution is -2.50. The van der Waals surface area contributed by atoms with Crippen molar-refractivity contribution in [2.75, 3.05) is 31.6 Å². The van der Waals surface area contributed by atoms with E-state index in [0.29, 0.717) is 12.6 Å². The van der Waals surface area contributed by atoms with E-state index in [1.165, 1.54) is 0 Å². The van der Waals surface area contributed by atoms with Gasteiger partial charge in [-0.1, -0.05) is 0 Å². The smallest absolute Gasteiger partial charge is 0.235 e. The minimum absolute atomic E-state index is 0.0602. The van der Waals surface area contributed by atoms with Crippen LogP contribution in [-0.2, 0) is 4.79 Å². The highest BCUT2D eigenvalue weighted by molar-refractivity contribution is 5.79. The minimum atomic E-state index is -0.642. The molecule has 7 nitrogen and oxygen atoms in total. The molecular formula is C18H26N6O. The summed E-state index contributed by atoms with van der Waals surface area (Å²) in [7, 11) is 1.96. The normalized spacial score (nSPS) is 22.1. The van der Waals surface area contributed by atoms with Gasteiger partial charge in [-0.3, -0.25) is 9.69 Å². The fourth-order valence-corrected chi connectivity index (χ4v) is 3.99. The van der Waals surface area contributed by atoms with Crippen molar-refractivity contribution in [1.29, 1.82) is 5.26 Å². The van der Waals surface area contributed by atoms with Crippen LogP contribution in [0.4, 0.5) is 5.82 Å². The Hall–Kier alpha value is -2.20. The average molecular weight is 342 g/mol. The number of anilines is 1. The van der Waals surface area contributed by atoms with Gasteiger partial charge >= 0.3 is 0 Å². The van der Waals surface area contributed by atoms with Crippen molar-refractivity contribution >= 4 is 11.7 Å². The highest BCUT2D eigenvalue weighted by atomic mass is 16.2. The number of aromatic nitrogens is 2. The topological polar surface area (TPSA) is 85.2 Å². The number of nitrogens with zero attached hydrogens (tertiary/aromatic N) is 5. The molecular weight excluding hydrogens is 316 g/mol.